The Kier molecular flexibility index (Phi) is 4.58. The maximum Gasteiger partial charge on any atom is 0.308 e. The van der Waals surface area contributed by atoms with Crippen LogP contribution in [0.15, 0.2) is 53.0 Å². The third kappa shape index (κ3) is 3.83. The zero-order chi connectivity index (χ0) is 13.7. The zero-order valence-corrected chi connectivity index (χ0v) is 12.0. The van der Waals surface area contributed by atoms with Gasteiger partial charge in [0.1, 0.15) is 22.6 Å². The van der Waals surface area contributed by atoms with Crippen molar-refractivity contribution in [3.8, 4) is 11.5 Å². The summed E-state index contributed by atoms with van der Waals surface area (Å²) in [5.41, 5.74) is 1.08. The topological polar surface area (TPSA) is 35.5 Å². The first kappa shape index (κ1) is 13.6. The van der Waals surface area contributed by atoms with E-state index in [1.165, 1.54) is 6.92 Å². The highest BCUT2D eigenvalue weighted by Gasteiger charge is 2.09. The molecule has 0 unspecified atom stereocenters. The molecule has 0 aliphatic rings. The summed E-state index contributed by atoms with van der Waals surface area (Å²) in [5, 5.41) is 0. The van der Waals surface area contributed by atoms with Gasteiger partial charge >= 0.3 is 5.97 Å². The van der Waals surface area contributed by atoms with Crippen molar-refractivity contribution in [2.24, 2.45) is 0 Å². The van der Waals surface area contributed by atoms with Crippen LogP contribution in [0.1, 0.15) is 12.5 Å². The van der Waals surface area contributed by atoms with Gasteiger partial charge in [-0.3, -0.25) is 4.79 Å². The number of carbonyl (C=O) groups is 1. The summed E-state index contributed by atoms with van der Waals surface area (Å²) < 4.78 is 11.4. The molecule has 0 fully saturated rings. The summed E-state index contributed by atoms with van der Waals surface area (Å²) in [6.07, 6.45) is 0. The van der Waals surface area contributed by atoms with Crippen LogP contribution in [0.25, 0.3) is 0 Å². The van der Waals surface area contributed by atoms with Crippen molar-refractivity contribution < 1.29 is 14.3 Å². The summed E-state index contributed by atoms with van der Waals surface area (Å²) in [6, 6.07) is 15.2. The fourth-order valence-electron chi connectivity index (χ4n) is 1.57. The molecule has 4 heteroatoms. The van der Waals surface area contributed by atoms with Crippen LogP contribution in [0.5, 0.6) is 11.5 Å². The molecule has 0 radical (unpaired) electrons. The van der Waals surface area contributed by atoms with Gasteiger partial charge in [0.2, 0.25) is 0 Å². The monoisotopic (exact) mass is 320 g/mol. The second-order valence-corrected chi connectivity index (χ2v) is 4.73. The van der Waals surface area contributed by atoms with E-state index < -0.39 is 0 Å². The number of hydrogen-bond donors (Lipinski definition) is 0. The Morgan fingerprint density at radius 2 is 1.74 bits per heavy atom. The number of hydrogen-bond acceptors (Lipinski definition) is 3. The first-order valence-electron chi connectivity index (χ1n) is 5.80. The summed E-state index contributed by atoms with van der Waals surface area (Å²) >= 11 is 3.38. The van der Waals surface area contributed by atoms with E-state index in [0.717, 1.165) is 5.56 Å². The average molecular weight is 321 g/mol. The molecule has 0 N–H and O–H groups in total. The van der Waals surface area contributed by atoms with Crippen LogP contribution in [-0.2, 0) is 11.4 Å². The molecule has 2 rings (SSSR count). The molecule has 19 heavy (non-hydrogen) atoms. The van der Waals surface area contributed by atoms with E-state index in [1.54, 1.807) is 12.1 Å². The number of halogens is 1. The Bertz CT molecular complexity index is 567. The van der Waals surface area contributed by atoms with Crippen molar-refractivity contribution in [1.29, 1.82) is 0 Å². The van der Waals surface area contributed by atoms with Gasteiger partial charge in [0.25, 0.3) is 0 Å². The van der Waals surface area contributed by atoms with Gasteiger partial charge in [-0.2, -0.15) is 0 Å². The number of ether oxygens (including phenoxy) is 2. The second-order valence-electron chi connectivity index (χ2n) is 3.94. The fraction of sp³-hybridized carbons (Fsp3) is 0.133. The lowest BCUT2D eigenvalue weighted by Crippen LogP contribution is -2.03. The molecule has 98 valence electrons. The molecule has 0 amide bonds. The third-order valence-corrected chi connectivity index (χ3v) is 3.20. The summed E-state index contributed by atoms with van der Waals surface area (Å²) in [5.74, 6) is 0.738. The highest BCUT2D eigenvalue weighted by molar-refractivity contribution is 9.10. The molecule has 0 saturated carbocycles. The number of rotatable bonds is 4. The lowest BCUT2D eigenvalue weighted by atomic mass is 10.2. The van der Waals surface area contributed by atoms with Crippen LogP contribution in [-0.4, -0.2) is 5.97 Å². The van der Waals surface area contributed by atoms with Crippen LogP contribution in [0.2, 0.25) is 0 Å². The van der Waals surface area contributed by atoms with E-state index in [4.69, 9.17) is 9.47 Å². The first-order chi connectivity index (χ1) is 9.16. The third-order valence-electron chi connectivity index (χ3n) is 2.42. The molecule has 2 aromatic rings. The van der Waals surface area contributed by atoms with Gasteiger partial charge in [-0.15, -0.1) is 0 Å². The van der Waals surface area contributed by atoms with Gasteiger partial charge in [-0.1, -0.05) is 36.4 Å². The molecular formula is C15H13BrO3. The van der Waals surface area contributed by atoms with Crippen molar-refractivity contribution in [3.63, 3.8) is 0 Å². The Morgan fingerprint density at radius 1 is 1.05 bits per heavy atom. The van der Waals surface area contributed by atoms with Gasteiger partial charge in [-0.25, -0.2) is 0 Å². The van der Waals surface area contributed by atoms with Crippen LogP contribution in [0.4, 0.5) is 0 Å². The van der Waals surface area contributed by atoms with Crippen LogP contribution >= 0.6 is 15.9 Å². The van der Waals surface area contributed by atoms with Crippen molar-refractivity contribution in [2.75, 3.05) is 0 Å². The van der Waals surface area contributed by atoms with E-state index in [2.05, 4.69) is 15.9 Å². The van der Waals surface area contributed by atoms with Gasteiger partial charge in [-0.05, 0) is 33.6 Å². The van der Waals surface area contributed by atoms with Crippen molar-refractivity contribution in [3.05, 3.63) is 58.6 Å². The molecule has 2 aromatic carbocycles. The molecule has 0 aliphatic heterocycles. The molecule has 0 aliphatic carbocycles. The minimum atomic E-state index is -0.360. The molecular weight excluding hydrogens is 308 g/mol. The molecule has 0 aromatic heterocycles. The van der Waals surface area contributed by atoms with Crippen LogP contribution in [0.3, 0.4) is 0 Å². The van der Waals surface area contributed by atoms with Gasteiger partial charge in [0.05, 0.1) is 0 Å². The molecule has 0 atom stereocenters. The smallest absolute Gasteiger partial charge is 0.308 e. The molecule has 3 nitrogen and oxygen atoms in total. The second kappa shape index (κ2) is 6.38. The Hall–Kier alpha value is -1.81. The lowest BCUT2D eigenvalue weighted by molar-refractivity contribution is -0.131. The van der Waals surface area contributed by atoms with Gasteiger partial charge < -0.3 is 9.47 Å². The maximum atomic E-state index is 11.0. The Labute approximate surface area is 120 Å². The number of benzene rings is 2. The highest BCUT2D eigenvalue weighted by Crippen LogP contribution is 2.34. The molecule has 0 saturated heterocycles. The lowest BCUT2D eigenvalue weighted by Gasteiger charge is -2.11. The van der Waals surface area contributed by atoms with E-state index in [-0.39, 0.29) is 5.97 Å². The largest absolute Gasteiger partial charge is 0.488 e. The quantitative estimate of drug-likeness (QED) is 0.632. The summed E-state index contributed by atoms with van der Waals surface area (Å²) in [4.78, 5) is 11.0. The van der Waals surface area contributed by atoms with Crippen LogP contribution in [0, 0.1) is 0 Å². The van der Waals surface area contributed by atoms with Crippen LogP contribution < -0.4 is 9.47 Å². The first-order valence-corrected chi connectivity index (χ1v) is 6.60. The number of esters is 1. The van der Waals surface area contributed by atoms with Gasteiger partial charge in [0.15, 0.2) is 0 Å². The predicted molar refractivity (Wildman–Crippen MR) is 76.2 cm³/mol. The minimum absolute atomic E-state index is 0.360. The minimum Gasteiger partial charge on any atom is -0.488 e. The zero-order valence-electron chi connectivity index (χ0n) is 10.4. The molecule has 0 heterocycles. The SMILES string of the molecule is CC(=O)Oc1cccc(OCc2ccccc2)c1Br. The maximum absolute atomic E-state index is 11.0. The normalized spacial score (nSPS) is 10.0. The summed E-state index contributed by atoms with van der Waals surface area (Å²) in [6.45, 7) is 1.83. The Morgan fingerprint density at radius 3 is 2.42 bits per heavy atom. The van der Waals surface area contributed by atoms with E-state index >= 15 is 0 Å². The van der Waals surface area contributed by atoms with Crippen molar-refractivity contribution in [2.45, 2.75) is 13.5 Å². The number of carbonyl (C=O) groups excluding carboxylic acids is 1. The van der Waals surface area contributed by atoms with E-state index in [9.17, 15) is 4.79 Å². The van der Waals surface area contributed by atoms with E-state index in [1.807, 2.05) is 36.4 Å². The Balaban J connectivity index is 2.10. The molecule has 0 bridgehead atoms. The summed E-state index contributed by atoms with van der Waals surface area (Å²) in [7, 11) is 0. The highest BCUT2D eigenvalue weighted by atomic mass is 79.9. The van der Waals surface area contributed by atoms with Crippen molar-refractivity contribution in [1.82, 2.24) is 0 Å². The van der Waals surface area contributed by atoms with E-state index in [0.29, 0.717) is 22.6 Å². The predicted octanol–water partition coefficient (Wildman–Crippen LogP) is 3.95. The molecule has 0 spiro atoms. The average Bonchev–Trinajstić information content (AvgIpc) is 2.40. The standard InChI is InChI=1S/C15H13BrO3/c1-11(17)19-14-9-5-8-13(15(14)16)18-10-12-6-3-2-4-7-12/h2-9H,10H2,1H3. The van der Waals surface area contributed by atoms with Gasteiger partial charge in [0, 0.05) is 6.92 Å². The fourth-order valence-corrected chi connectivity index (χ4v) is 2.03. The van der Waals surface area contributed by atoms with Crippen molar-refractivity contribution >= 4 is 21.9 Å².